The first-order valence-corrected chi connectivity index (χ1v) is 6.23. The van der Waals surface area contributed by atoms with Crippen molar-refractivity contribution in [2.24, 2.45) is 0 Å². The molecule has 108 valence electrons. The Morgan fingerprint density at radius 3 is 2.55 bits per heavy atom. The number of amides is 1. The van der Waals surface area contributed by atoms with Gasteiger partial charge in [-0.2, -0.15) is 0 Å². The largest absolute Gasteiger partial charge is 0.481 e. The van der Waals surface area contributed by atoms with E-state index in [0.717, 1.165) is 0 Å². The lowest BCUT2D eigenvalue weighted by Crippen LogP contribution is -2.12. The van der Waals surface area contributed by atoms with E-state index >= 15 is 0 Å². The molecule has 6 heteroatoms. The molecule has 0 fully saturated rings. The number of esters is 1. The van der Waals surface area contributed by atoms with Crippen molar-refractivity contribution in [3.05, 3.63) is 29.8 Å². The van der Waals surface area contributed by atoms with Crippen molar-refractivity contribution in [2.45, 2.75) is 25.7 Å². The highest BCUT2D eigenvalue weighted by Crippen LogP contribution is 2.12. The van der Waals surface area contributed by atoms with Crippen LogP contribution in [0.15, 0.2) is 24.3 Å². The van der Waals surface area contributed by atoms with Gasteiger partial charge in [0.15, 0.2) is 0 Å². The predicted octanol–water partition coefficient (Wildman–Crippen LogP) is 2.06. The Balaban J connectivity index is 2.45. The van der Waals surface area contributed by atoms with E-state index < -0.39 is 11.9 Å². The SMILES string of the molecule is COC(=O)c1cccc(NC(=O)CCCCC(=O)O)c1. The molecule has 6 nitrogen and oxygen atoms in total. The lowest BCUT2D eigenvalue weighted by Gasteiger charge is -2.06. The summed E-state index contributed by atoms with van der Waals surface area (Å²) in [6.07, 6.45) is 1.28. The quantitative estimate of drug-likeness (QED) is 0.588. The average molecular weight is 279 g/mol. The highest BCUT2D eigenvalue weighted by molar-refractivity contribution is 5.94. The van der Waals surface area contributed by atoms with Gasteiger partial charge in [0.05, 0.1) is 12.7 Å². The summed E-state index contributed by atoms with van der Waals surface area (Å²) in [5.74, 6) is -1.55. The van der Waals surface area contributed by atoms with Crippen molar-refractivity contribution in [3.8, 4) is 0 Å². The Morgan fingerprint density at radius 1 is 1.20 bits per heavy atom. The standard InChI is InChI=1S/C14H17NO5/c1-20-14(19)10-5-4-6-11(9-10)15-12(16)7-2-3-8-13(17)18/h4-6,9H,2-3,7-8H2,1H3,(H,15,16)(H,17,18). The van der Waals surface area contributed by atoms with E-state index in [4.69, 9.17) is 5.11 Å². The predicted molar refractivity (Wildman–Crippen MR) is 72.5 cm³/mol. The molecule has 1 aromatic carbocycles. The maximum absolute atomic E-state index is 11.6. The molecule has 0 unspecified atom stereocenters. The van der Waals surface area contributed by atoms with Gasteiger partial charge < -0.3 is 15.2 Å². The highest BCUT2D eigenvalue weighted by Gasteiger charge is 2.08. The van der Waals surface area contributed by atoms with Gasteiger partial charge in [0.2, 0.25) is 5.91 Å². The van der Waals surface area contributed by atoms with E-state index in [2.05, 4.69) is 10.1 Å². The summed E-state index contributed by atoms with van der Waals surface area (Å²) in [5, 5.41) is 11.1. The monoisotopic (exact) mass is 279 g/mol. The molecule has 1 aromatic rings. The van der Waals surface area contributed by atoms with Crippen LogP contribution in [0, 0.1) is 0 Å². The lowest BCUT2D eigenvalue weighted by atomic mass is 10.1. The van der Waals surface area contributed by atoms with Crippen molar-refractivity contribution < 1.29 is 24.2 Å². The van der Waals surface area contributed by atoms with Crippen LogP contribution in [0.4, 0.5) is 5.69 Å². The van der Waals surface area contributed by atoms with Gasteiger partial charge in [0.25, 0.3) is 0 Å². The van der Waals surface area contributed by atoms with Crippen LogP contribution < -0.4 is 5.32 Å². The van der Waals surface area contributed by atoms with E-state index in [1.807, 2.05) is 0 Å². The molecule has 0 radical (unpaired) electrons. The first-order chi connectivity index (χ1) is 9.52. The molecule has 0 atom stereocenters. The number of carbonyl (C=O) groups excluding carboxylic acids is 2. The summed E-state index contributed by atoms with van der Waals surface area (Å²) in [7, 11) is 1.29. The summed E-state index contributed by atoms with van der Waals surface area (Å²) in [6, 6.07) is 6.43. The summed E-state index contributed by atoms with van der Waals surface area (Å²) in [5.41, 5.74) is 0.868. The molecule has 2 N–H and O–H groups in total. The molecule has 0 aliphatic carbocycles. The van der Waals surface area contributed by atoms with Crippen molar-refractivity contribution in [1.29, 1.82) is 0 Å². The molecular weight excluding hydrogens is 262 g/mol. The normalized spacial score (nSPS) is 9.85. The smallest absolute Gasteiger partial charge is 0.337 e. The zero-order chi connectivity index (χ0) is 15.0. The fourth-order valence-electron chi connectivity index (χ4n) is 1.63. The number of hydrogen-bond donors (Lipinski definition) is 2. The van der Waals surface area contributed by atoms with Crippen LogP contribution in [-0.2, 0) is 14.3 Å². The van der Waals surface area contributed by atoms with E-state index in [9.17, 15) is 14.4 Å². The van der Waals surface area contributed by atoms with Crippen molar-refractivity contribution >= 4 is 23.5 Å². The molecule has 20 heavy (non-hydrogen) atoms. The number of unbranched alkanes of at least 4 members (excludes halogenated alkanes) is 1. The second-order valence-electron chi connectivity index (χ2n) is 4.22. The van der Waals surface area contributed by atoms with Gasteiger partial charge in [-0.25, -0.2) is 4.79 Å². The minimum absolute atomic E-state index is 0.0606. The Hall–Kier alpha value is -2.37. The number of carbonyl (C=O) groups is 3. The van der Waals surface area contributed by atoms with Crippen LogP contribution in [0.2, 0.25) is 0 Å². The van der Waals surface area contributed by atoms with Crippen LogP contribution in [-0.4, -0.2) is 30.1 Å². The summed E-state index contributed by atoms with van der Waals surface area (Å²) >= 11 is 0. The van der Waals surface area contributed by atoms with Crippen LogP contribution in [0.1, 0.15) is 36.0 Å². The molecule has 1 amide bonds. The molecule has 0 aromatic heterocycles. The summed E-state index contributed by atoms with van der Waals surface area (Å²) in [4.78, 5) is 33.3. The Morgan fingerprint density at radius 2 is 1.90 bits per heavy atom. The van der Waals surface area contributed by atoms with Crippen LogP contribution >= 0.6 is 0 Å². The minimum Gasteiger partial charge on any atom is -0.481 e. The van der Waals surface area contributed by atoms with Gasteiger partial charge in [-0.15, -0.1) is 0 Å². The zero-order valence-electron chi connectivity index (χ0n) is 11.2. The van der Waals surface area contributed by atoms with Crippen molar-refractivity contribution in [1.82, 2.24) is 0 Å². The van der Waals surface area contributed by atoms with Crippen molar-refractivity contribution in [2.75, 3.05) is 12.4 Å². The molecule has 0 saturated heterocycles. The summed E-state index contributed by atoms with van der Waals surface area (Å²) < 4.78 is 4.59. The Kier molecular flexibility index (Phi) is 6.22. The molecule has 0 bridgehead atoms. The molecular formula is C14H17NO5. The van der Waals surface area contributed by atoms with Crippen molar-refractivity contribution in [3.63, 3.8) is 0 Å². The maximum atomic E-state index is 11.6. The van der Waals surface area contributed by atoms with Gasteiger partial charge >= 0.3 is 11.9 Å². The first kappa shape index (κ1) is 15.7. The van der Waals surface area contributed by atoms with Gasteiger partial charge in [-0.1, -0.05) is 6.07 Å². The van der Waals surface area contributed by atoms with E-state index in [1.165, 1.54) is 13.2 Å². The zero-order valence-corrected chi connectivity index (χ0v) is 11.2. The number of hydrogen-bond acceptors (Lipinski definition) is 4. The second kappa shape index (κ2) is 7.93. The van der Waals surface area contributed by atoms with E-state index in [1.54, 1.807) is 18.2 Å². The van der Waals surface area contributed by atoms with Crippen LogP contribution in [0.5, 0.6) is 0 Å². The third kappa shape index (κ3) is 5.51. The van der Waals surface area contributed by atoms with Gasteiger partial charge in [-0.3, -0.25) is 9.59 Å². The van der Waals surface area contributed by atoms with Gasteiger partial charge in [0, 0.05) is 18.5 Å². The topological polar surface area (TPSA) is 92.7 Å². The molecule has 0 saturated carbocycles. The molecule has 0 heterocycles. The maximum Gasteiger partial charge on any atom is 0.337 e. The number of nitrogens with one attached hydrogen (secondary N) is 1. The first-order valence-electron chi connectivity index (χ1n) is 6.23. The third-order valence-electron chi connectivity index (χ3n) is 2.61. The number of ether oxygens (including phenoxy) is 1. The molecule has 1 rings (SSSR count). The average Bonchev–Trinajstić information content (AvgIpc) is 2.43. The highest BCUT2D eigenvalue weighted by atomic mass is 16.5. The Bertz CT molecular complexity index is 498. The van der Waals surface area contributed by atoms with Crippen LogP contribution in [0.25, 0.3) is 0 Å². The van der Waals surface area contributed by atoms with E-state index in [0.29, 0.717) is 24.1 Å². The van der Waals surface area contributed by atoms with Crippen LogP contribution in [0.3, 0.4) is 0 Å². The van der Waals surface area contributed by atoms with E-state index in [-0.39, 0.29) is 18.7 Å². The fraction of sp³-hybridized carbons (Fsp3) is 0.357. The van der Waals surface area contributed by atoms with Gasteiger partial charge in [-0.05, 0) is 31.0 Å². The fourth-order valence-corrected chi connectivity index (χ4v) is 1.63. The third-order valence-corrected chi connectivity index (χ3v) is 2.61. The molecule has 0 aliphatic heterocycles. The lowest BCUT2D eigenvalue weighted by molar-refractivity contribution is -0.137. The molecule has 0 aliphatic rings. The number of rotatable bonds is 7. The second-order valence-corrected chi connectivity index (χ2v) is 4.22. The number of anilines is 1. The molecule has 0 spiro atoms. The number of carboxylic acid groups (broad SMARTS) is 1. The Labute approximate surface area is 116 Å². The number of aliphatic carboxylic acids is 1. The van der Waals surface area contributed by atoms with Gasteiger partial charge in [0.1, 0.15) is 0 Å². The number of methoxy groups -OCH3 is 1. The number of carboxylic acids is 1. The minimum atomic E-state index is -0.865. The number of benzene rings is 1. The summed E-state index contributed by atoms with van der Waals surface area (Å²) in [6.45, 7) is 0.